The van der Waals surface area contributed by atoms with Crippen molar-refractivity contribution in [3.8, 4) is 17.2 Å². The zero-order valence-corrected chi connectivity index (χ0v) is 16.6. The van der Waals surface area contributed by atoms with Gasteiger partial charge in [-0.25, -0.2) is 0 Å². The second-order valence-corrected chi connectivity index (χ2v) is 6.57. The fourth-order valence-electron chi connectivity index (χ4n) is 2.65. The second kappa shape index (κ2) is 10.8. The molecule has 0 fully saturated rings. The average Bonchev–Trinajstić information content (AvgIpc) is 2.74. The lowest BCUT2D eigenvalue weighted by atomic mass is 10.3. The summed E-state index contributed by atoms with van der Waals surface area (Å²) in [6.07, 6.45) is 2.09. The smallest absolute Gasteiger partial charge is 0.243 e. The first-order valence-corrected chi connectivity index (χ1v) is 9.82. The molecule has 0 spiro atoms. The number of ether oxygens (including phenoxy) is 2. The molecule has 0 unspecified atom stereocenters. The van der Waals surface area contributed by atoms with Crippen LogP contribution in [0.1, 0.15) is 19.8 Å². The maximum atomic E-state index is 12.2. The Bertz CT molecular complexity index is 896. The third kappa shape index (κ3) is 6.88. The first-order chi connectivity index (χ1) is 14.2. The molecule has 0 heterocycles. The summed E-state index contributed by atoms with van der Waals surface area (Å²) in [6.45, 7) is 2.97. The Hall–Kier alpha value is -3.47. The summed E-state index contributed by atoms with van der Waals surface area (Å²) < 4.78 is 11.4. The van der Waals surface area contributed by atoms with Crippen molar-refractivity contribution in [1.29, 1.82) is 0 Å². The van der Waals surface area contributed by atoms with Crippen molar-refractivity contribution < 1.29 is 14.3 Å². The van der Waals surface area contributed by atoms with E-state index in [1.54, 1.807) is 0 Å². The highest BCUT2D eigenvalue weighted by molar-refractivity contribution is 5.93. The van der Waals surface area contributed by atoms with Crippen LogP contribution < -0.4 is 20.1 Å². The molecule has 2 N–H and O–H groups in total. The van der Waals surface area contributed by atoms with E-state index in [4.69, 9.17) is 9.47 Å². The minimum absolute atomic E-state index is 0.125. The van der Waals surface area contributed by atoms with Crippen LogP contribution in [0.4, 0.5) is 11.4 Å². The molecule has 3 aromatic rings. The van der Waals surface area contributed by atoms with Crippen LogP contribution in [0.15, 0.2) is 78.9 Å². The fraction of sp³-hybridized carbons (Fsp3) is 0.208. The van der Waals surface area contributed by atoms with Crippen LogP contribution >= 0.6 is 0 Å². The molecule has 0 aromatic heterocycles. The summed E-state index contributed by atoms with van der Waals surface area (Å²) >= 11 is 0. The number of amides is 1. The van der Waals surface area contributed by atoms with Gasteiger partial charge in [-0.1, -0.05) is 37.6 Å². The van der Waals surface area contributed by atoms with E-state index < -0.39 is 0 Å². The zero-order valence-electron chi connectivity index (χ0n) is 16.6. The molecule has 0 aliphatic carbocycles. The molecule has 0 aliphatic rings. The number of rotatable bonds is 10. The van der Waals surface area contributed by atoms with E-state index in [1.165, 1.54) is 0 Å². The topological polar surface area (TPSA) is 59.6 Å². The molecule has 1 amide bonds. The monoisotopic (exact) mass is 390 g/mol. The van der Waals surface area contributed by atoms with E-state index >= 15 is 0 Å². The van der Waals surface area contributed by atoms with Crippen LogP contribution in [0.3, 0.4) is 0 Å². The number of nitrogens with one attached hydrogen (secondary N) is 2. The van der Waals surface area contributed by atoms with Gasteiger partial charge in [-0.2, -0.15) is 0 Å². The Kier molecular flexibility index (Phi) is 7.52. The molecule has 5 nitrogen and oxygen atoms in total. The van der Waals surface area contributed by atoms with Gasteiger partial charge in [-0.3, -0.25) is 4.79 Å². The van der Waals surface area contributed by atoms with E-state index in [0.717, 1.165) is 41.5 Å². The highest BCUT2D eigenvalue weighted by Crippen LogP contribution is 2.22. The number of hydrogen-bond acceptors (Lipinski definition) is 4. The van der Waals surface area contributed by atoms with Crippen LogP contribution in [-0.4, -0.2) is 19.1 Å². The molecule has 0 bridgehead atoms. The van der Waals surface area contributed by atoms with Crippen molar-refractivity contribution in [1.82, 2.24) is 0 Å². The lowest BCUT2D eigenvalue weighted by Gasteiger charge is -2.11. The van der Waals surface area contributed by atoms with Crippen LogP contribution in [0, 0.1) is 0 Å². The van der Waals surface area contributed by atoms with Crippen molar-refractivity contribution in [2.75, 3.05) is 23.8 Å². The van der Waals surface area contributed by atoms with Gasteiger partial charge in [0.2, 0.25) is 5.91 Å². The van der Waals surface area contributed by atoms with Crippen molar-refractivity contribution in [2.45, 2.75) is 19.8 Å². The van der Waals surface area contributed by atoms with E-state index in [1.807, 2.05) is 78.9 Å². The lowest BCUT2D eigenvalue weighted by Crippen LogP contribution is -2.21. The number of hydrogen-bond donors (Lipinski definition) is 2. The van der Waals surface area contributed by atoms with Gasteiger partial charge in [0.1, 0.15) is 17.2 Å². The van der Waals surface area contributed by atoms with Crippen LogP contribution in [0.2, 0.25) is 0 Å². The molecular formula is C24H26N2O3. The van der Waals surface area contributed by atoms with Gasteiger partial charge >= 0.3 is 0 Å². The average molecular weight is 390 g/mol. The van der Waals surface area contributed by atoms with Gasteiger partial charge in [-0.15, -0.1) is 0 Å². The SMILES string of the molecule is CCCCOc1cccc(NC(=O)CNc2ccc(Oc3ccccc3)cc2)c1. The summed E-state index contributed by atoms with van der Waals surface area (Å²) in [5.74, 6) is 2.16. The van der Waals surface area contributed by atoms with E-state index in [-0.39, 0.29) is 12.5 Å². The van der Waals surface area contributed by atoms with Gasteiger partial charge in [0, 0.05) is 17.4 Å². The van der Waals surface area contributed by atoms with Gasteiger partial charge in [0.05, 0.1) is 13.2 Å². The number of carbonyl (C=O) groups is 1. The highest BCUT2D eigenvalue weighted by Gasteiger charge is 2.04. The summed E-state index contributed by atoms with van der Waals surface area (Å²) in [7, 11) is 0. The van der Waals surface area contributed by atoms with Crippen molar-refractivity contribution in [2.24, 2.45) is 0 Å². The van der Waals surface area contributed by atoms with Gasteiger partial charge in [0.15, 0.2) is 0 Å². The summed E-state index contributed by atoms with van der Waals surface area (Å²) in [6, 6.07) is 24.5. The largest absolute Gasteiger partial charge is 0.494 e. The van der Waals surface area contributed by atoms with Crippen LogP contribution in [0.5, 0.6) is 17.2 Å². The zero-order chi connectivity index (χ0) is 20.3. The number of unbranched alkanes of at least 4 members (excludes halogenated alkanes) is 1. The summed E-state index contributed by atoms with van der Waals surface area (Å²) in [5.41, 5.74) is 1.56. The third-order valence-corrected chi connectivity index (χ3v) is 4.17. The van der Waals surface area contributed by atoms with Gasteiger partial charge in [-0.05, 0) is 55.0 Å². The molecular weight excluding hydrogens is 364 g/mol. The maximum Gasteiger partial charge on any atom is 0.243 e. The van der Waals surface area contributed by atoms with Crippen molar-refractivity contribution in [3.05, 3.63) is 78.9 Å². The fourth-order valence-corrected chi connectivity index (χ4v) is 2.65. The normalized spacial score (nSPS) is 10.2. The predicted molar refractivity (Wildman–Crippen MR) is 117 cm³/mol. The summed E-state index contributed by atoms with van der Waals surface area (Å²) in [4.78, 5) is 12.2. The Morgan fingerprint density at radius 1 is 0.828 bits per heavy atom. The standard InChI is InChI=1S/C24H26N2O3/c1-2-3-16-28-23-11-7-8-20(17-23)26-24(27)18-25-19-12-14-22(15-13-19)29-21-9-5-4-6-10-21/h4-15,17,25H,2-3,16,18H2,1H3,(H,26,27). The molecule has 0 atom stereocenters. The molecule has 0 saturated carbocycles. The van der Waals surface area contributed by atoms with E-state index in [2.05, 4.69) is 17.6 Å². The highest BCUT2D eigenvalue weighted by atomic mass is 16.5. The van der Waals surface area contributed by atoms with Crippen LogP contribution in [0.25, 0.3) is 0 Å². The maximum absolute atomic E-state index is 12.2. The first kappa shape index (κ1) is 20.3. The van der Waals surface area contributed by atoms with Crippen molar-refractivity contribution >= 4 is 17.3 Å². The molecule has 0 radical (unpaired) electrons. The van der Waals surface area contributed by atoms with E-state index in [0.29, 0.717) is 6.61 Å². The minimum Gasteiger partial charge on any atom is -0.494 e. The molecule has 0 aliphatic heterocycles. The number of carbonyl (C=O) groups excluding carboxylic acids is 1. The van der Waals surface area contributed by atoms with Gasteiger partial charge in [0.25, 0.3) is 0 Å². The Morgan fingerprint density at radius 2 is 1.55 bits per heavy atom. The lowest BCUT2D eigenvalue weighted by molar-refractivity contribution is -0.114. The quantitative estimate of drug-likeness (QED) is 0.435. The number of para-hydroxylation sites is 1. The molecule has 150 valence electrons. The Morgan fingerprint density at radius 3 is 2.31 bits per heavy atom. The Labute approximate surface area is 171 Å². The van der Waals surface area contributed by atoms with E-state index in [9.17, 15) is 4.79 Å². The minimum atomic E-state index is -0.125. The molecule has 5 heteroatoms. The molecule has 3 aromatic carbocycles. The molecule has 3 rings (SSSR count). The van der Waals surface area contributed by atoms with Crippen LogP contribution in [-0.2, 0) is 4.79 Å². The van der Waals surface area contributed by atoms with Crippen molar-refractivity contribution in [3.63, 3.8) is 0 Å². The third-order valence-electron chi connectivity index (χ3n) is 4.17. The predicted octanol–water partition coefficient (Wildman–Crippen LogP) is 5.71. The molecule has 29 heavy (non-hydrogen) atoms. The molecule has 0 saturated heterocycles. The first-order valence-electron chi connectivity index (χ1n) is 9.82. The Balaban J connectivity index is 1.46. The number of anilines is 2. The second-order valence-electron chi connectivity index (χ2n) is 6.57. The summed E-state index contributed by atoms with van der Waals surface area (Å²) in [5, 5.41) is 5.99. The van der Waals surface area contributed by atoms with Gasteiger partial charge < -0.3 is 20.1 Å². The number of benzene rings is 3.